The van der Waals surface area contributed by atoms with Crippen LogP contribution in [0.25, 0.3) is 0 Å². The molecule has 110 valence electrons. The van der Waals surface area contributed by atoms with Crippen LogP contribution in [-0.4, -0.2) is 41.1 Å². The molecule has 1 N–H and O–H groups in total. The highest BCUT2D eigenvalue weighted by Gasteiger charge is 2.28. The summed E-state index contributed by atoms with van der Waals surface area (Å²) < 4.78 is 25.8. The Labute approximate surface area is 118 Å². The fourth-order valence-electron chi connectivity index (χ4n) is 2.35. The SMILES string of the molecule is CCCCS(=O)(=O)N1CCc2c(cncc2C(=O)O)C1. The molecule has 7 heteroatoms. The lowest BCUT2D eigenvalue weighted by molar-refractivity contribution is 0.0694. The van der Waals surface area contributed by atoms with Crippen LogP contribution < -0.4 is 0 Å². The Balaban J connectivity index is 2.24. The van der Waals surface area contributed by atoms with Crippen LogP contribution in [0.3, 0.4) is 0 Å². The van der Waals surface area contributed by atoms with Crippen LogP contribution >= 0.6 is 0 Å². The van der Waals surface area contributed by atoms with Gasteiger partial charge in [-0.05, 0) is 24.0 Å². The van der Waals surface area contributed by atoms with Crippen LogP contribution in [0.15, 0.2) is 12.4 Å². The molecule has 0 fully saturated rings. The highest BCUT2D eigenvalue weighted by molar-refractivity contribution is 7.89. The van der Waals surface area contributed by atoms with Gasteiger partial charge in [0.25, 0.3) is 0 Å². The normalized spacial score (nSPS) is 15.8. The van der Waals surface area contributed by atoms with Gasteiger partial charge in [-0.3, -0.25) is 4.98 Å². The summed E-state index contributed by atoms with van der Waals surface area (Å²) >= 11 is 0. The molecule has 20 heavy (non-hydrogen) atoms. The van der Waals surface area contributed by atoms with Crippen molar-refractivity contribution in [3.63, 3.8) is 0 Å². The van der Waals surface area contributed by atoms with Crippen LogP contribution in [0.1, 0.15) is 41.3 Å². The fourth-order valence-corrected chi connectivity index (χ4v) is 3.96. The lowest BCUT2D eigenvalue weighted by Gasteiger charge is -2.28. The fraction of sp³-hybridized carbons (Fsp3) is 0.538. The van der Waals surface area contributed by atoms with E-state index >= 15 is 0 Å². The quantitative estimate of drug-likeness (QED) is 0.884. The minimum Gasteiger partial charge on any atom is -0.478 e. The van der Waals surface area contributed by atoms with Gasteiger partial charge >= 0.3 is 5.97 Å². The lowest BCUT2D eigenvalue weighted by atomic mass is 9.98. The molecule has 0 aliphatic carbocycles. The van der Waals surface area contributed by atoms with Crippen LogP contribution in [0.5, 0.6) is 0 Å². The predicted molar refractivity (Wildman–Crippen MR) is 74.0 cm³/mol. The first kappa shape index (κ1) is 14.9. The molecular formula is C13H18N2O4S. The number of rotatable bonds is 5. The highest BCUT2D eigenvalue weighted by atomic mass is 32.2. The summed E-state index contributed by atoms with van der Waals surface area (Å²) in [5, 5.41) is 9.11. The summed E-state index contributed by atoms with van der Waals surface area (Å²) in [7, 11) is -3.26. The van der Waals surface area contributed by atoms with E-state index < -0.39 is 16.0 Å². The molecule has 0 saturated carbocycles. The van der Waals surface area contributed by atoms with Crippen molar-refractivity contribution < 1.29 is 18.3 Å². The molecule has 2 heterocycles. The number of carbonyl (C=O) groups is 1. The van der Waals surface area contributed by atoms with Crippen molar-refractivity contribution in [2.45, 2.75) is 32.7 Å². The number of fused-ring (bicyclic) bond motifs is 1. The molecule has 0 saturated heterocycles. The predicted octanol–water partition coefficient (Wildman–Crippen LogP) is 1.27. The number of carboxylic acids is 1. The van der Waals surface area contributed by atoms with E-state index in [0.717, 1.165) is 6.42 Å². The molecule has 0 bridgehead atoms. The van der Waals surface area contributed by atoms with Crippen molar-refractivity contribution in [2.24, 2.45) is 0 Å². The molecule has 0 aromatic carbocycles. The number of nitrogens with zero attached hydrogens (tertiary/aromatic N) is 2. The van der Waals surface area contributed by atoms with Gasteiger partial charge in [-0.2, -0.15) is 4.31 Å². The first-order valence-electron chi connectivity index (χ1n) is 6.62. The molecule has 1 aromatic rings. The summed E-state index contributed by atoms with van der Waals surface area (Å²) in [5.74, 6) is -0.873. The van der Waals surface area contributed by atoms with Crippen molar-refractivity contribution in [3.05, 3.63) is 29.1 Å². The number of hydrogen-bond acceptors (Lipinski definition) is 4. The van der Waals surface area contributed by atoms with E-state index in [1.54, 1.807) is 6.20 Å². The molecular weight excluding hydrogens is 280 g/mol. The van der Waals surface area contributed by atoms with E-state index in [1.165, 1.54) is 10.5 Å². The maximum atomic E-state index is 12.2. The zero-order valence-corrected chi connectivity index (χ0v) is 12.2. The van der Waals surface area contributed by atoms with E-state index in [-0.39, 0.29) is 17.9 Å². The number of carboxylic acid groups (broad SMARTS) is 1. The molecule has 1 aliphatic heterocycles. The molecule has 6 nitrogen and oxygen atoms in total. The average molecular weight is 298 g/mol. The largest absolute Gasteiger partial charge is 0.478 e. The van der Waals surface area contributed by atoms with E-state index in [9.17, 15) is 13.2 Å². The second-order valence-electron chi connectivity index (χ2n) is 4.88. The summed E-state index contributed by atoms with van der Waals surface area (Å²) in [5.41, 5.74) is 1.57. The molecule has 0 amide bonds. The van der Waals surface area contributed by atoms with Gasteiger partial charge in [0.2, 0.25) is 10.0 Å². The number of pyridine rings is 1. The molecule has 0 radical (unpaired) electrons. The standard InChI is InChI=1S/C13H18N2O4S/c1-2-3-6-20(18,19)15-5-4-11-10(9-15)7-14-8-12(11)13(16)17/h7-8H,2-6,9H2,1H3,(H,16,17). The topological polar surface area (TPSA) is 87.6 Å². The molecule has 1 aliphatic rings. The maximum absolute atomic E-state index is 12.2. The van der Waals surface area contributed by atoms with Crippen LogP contribution in [-0.2, 0) is 23.0 Å². The van der Waals surface area contributed by atoms with Crippen molar-refractivity contribution in [3.8, 4) is 0 Å². The van der Waals surface area contributed by atoms with Gasteiger partial charge < -0.3 is 5.11 Å². The second kappa shape index (κ2) is 5.88. The Bertz CT molecular complexity index is 613. The Hall–Kier alpha value is -1.47. The van der Waals surface area contributed by atoms with E-state index in [0.29, 0.717) is 30.5 Å². The average Bonchev–Trinajstić information content (AvgIpc) is 2.43. The minimum absolute atomic E-state index is 0.144. The van der Waals surface area contributed by atoms with Gasteiger partial charge in [0, 0.05) is 25.5 Å². The zero-order chi connectivity index (χ0) is 14.8. The third-order valence-corrected chi connectivity index (χ3v) is 5.39. The molecule has 0 unspecified atom stereocenters. The van der Waals surface area contributed by atoms with E-state index in [2.05, 4.69) is 4.98 Å². The van der Waals surface area contributed by atoms with Gasteiger partial charge in [0.05, 0.1) is 11.3 Å². The van der Waals surface area contributed by atoms with Crippen molar-refractivity contribution in [2.75, 3.05) is 12.3 Å². The number of hydrogen-bond donors (Lipinski definition) is 1. The minimum atomic E-state index is -3.26. The van der Waals surface area contributed by atoms with E-state index in [4.69, 9.17) is 5.11 Å². The summed E-state index contributed by atoms with van der Waals surface area (Å²) in [4.78, 5) is 15.0. The molecule has 0 spiro atoms. The Kier molecular flexibility index (Phi) is 4.39. The third-order valence-electron chi connectivity index (χ3n) is 3.48. The summed E-state index contributed by atoms with van der Waals surface area (Å²) in [6.07, 6.45) is 4.77. The van der Waals surface area contributed by atoms with Gasteiger partial charge in [0.1, 0.15) is 0 Å². The number of aromatic nitrogens is 1. The van der Waals surface area contributed by atoms with Crippen LogP contribution in [0, 0.1) is 0 Å². The van der Waals surface area contributed by atoms with Crippen molar-refractivity contribution in [1.82, 2.24) is 9.29 Å². The third kappa shape index (κ3) is 2.99. The van der Waals surface area contributed by atoms with E-state index in [1.807, 2.05) is 6.92 Å². The molecule has 1 aromatic heterocycles. The lowest BCUT2D eigenvalue weighted by Crippen LogP contribution is -2.38. The van der Waals surface area contributed by atoms with Gasteiger partial charge in [-0.25, -0.2) is 13.2 Å². The van der Waals surface area contributed by atoms with Gasteiger partial charge in [0.15, 0.2) is 0 Å². The first-order valence-corrected chi connectivity index (χ1v) is 8.23. The van der Waals surface area contributed by atoms with Crippen LogP contribution in [0.4, 0.5) is 0 Å². The summed E-state index contributed by atoms with van der Waals surface area (Å²) in [6.45, 7) is 2.50. The van der Waals surface area contributed by atoms with Gasteiger partial charge in [-0.15, -0.1) is 0 Å². The Morgan fingerprint density at radius 3 is 2.85 bits per heavy atom. The molecule has 2 rings (SSSR count). The summed E-state index contributed by atoms with van der Waals surface area (Å²) in [6, 6.07) is 0. The number of unbranched alkanes of at least 4 members (excludes halogenated alkanes) is 1. The van der Waals surface area contributed by atoms with Crippen LogP contribution in [0.2, 0.25) is 0 Å². The van der Waals surface area contributed by atoms with Gasteiger partial charge in [-0.1, -0.05) is 13.3 Å². The van der Waals surface area contributed by atoms with Crippen molar-refractivity contribution in [1.29, 1.82) is 0 Å². The maximum Gasteiger partial charge on any atom is 0.337 e. The smallest absolute Gasteiger partial charge is 0.337 e. The number of sulfonamides is 1. The zero-order valence-electron chi connectivity index (χ0n) is 11.4. The molecule has 0 atom stereocenters. The van der Waals surface area contributed by atoms with Crippen molar-refractivity contribution >= 4 is 16.0 Å². The first-order chi connectivity index (χ1) is 9.45. The number of aromatic carboxylic acids is 1. The monoisotopic (exact) mass is 298 g/mol. The Morgan fingerprint density at radius 2 is 2.20 bits per heavy atom. The second-order valence-corrected chi connectivity index (χ2v) is 6.97. The highest BCUT2D eigenvalue weighted by Crippen LogP contribution is 2.24. The Morgan fingerprint density at radius 1 is 1.45 bits per heavy atom.